The maximum atomic E-state index is 7.18. The predicted octanol–water partition coefficient (Wildman–Crippen LogP) is 19.6. The molecule has 0 spiro atoms. The van der Waals surface area contributed by atoms with Crippen molar-refractivity contribution in [2.45, 2.75) is 19.3 Å². The lowest BCUT2D eigenvalue weighted by Gasteiger charge is -2.28. The van der Waals surface area contributed by atoms with Gasteiger partial charge in [0.25, 0.3) is 0 Å². The molecule has 0 radical (unpaired) electrons. The Kier molecular flexibility index (Phi) is 9.14. The van der Waals surface area contributed by atoms with Crippen molar-refractivity contribution in [3.05, 3.63) is 248 Å². The summed E-state index contributed by atoms with van der Waals surface area (Å²) < 4.78 is 9.80. The van der Waals surface area contributed by atoms with E-state index in [0.717, 1.165) is 55.5 Å². The normalized spacial score (nSPS) is 12.8. The van der Waals surface area contributed by atoms with E-state index in [1.54, 1.807) is 0 Å². The van der Waals surface area contributed by atoms with Crippen LogP contribution in [0.2, 0.25) is 0 Å². The van der Waals surface area contributed by atoms with Crippen LogP contribution in [-0.4, -0.2) is 0 Å². The van der Waals surface area contributed by atoms with Gasteiger partial charge in [-0.1, -0.05) is 196 Å². The van der Waals surface area contributed by atoms with E-state index in [9.17, 15) is 0 Å². The summed E-state index contributed by atoms with van der Waals surface area (Å²) in [6.45, 7) is 4.70. The van der Waals surface area contributed by atoms with Crippen molar-refractivity contribution >= 4 is 81.3 Å². The lowest BCUT2D eigenvalue weighted by molar-refractivity contribution is 0.660. The molecule has 2 aromatic heterocycles. The van der Waals surface area contributed by atoms with Gasteiger partial charge in [-0.15, -0.1) is 11.3 Å². The standard InChI is InChI=1S/C67H45NOS/c1-67(2)60-21-10-8-17-54(60)55-36-31-49(40-61(55)67)44-23-25-45(26-24-44)52-37-38-57-59-39-47-15-6-7-16-48(47)41-62(59)69-65(57)64(52)68(50-32-27-43(28-33-50)42-13-4-3-5-14-42)51-34-29-46(30-35-51)53-19-12-20-58-56-18-9-11-22-63(56)70-66(53)58/h3-41H,1-2H3. The fourth-order valence-electron chi connectivity index (χ4n) is 11.3. The van der Waals surface area contributed by atoms with Crippen molar-refractivity contribution in [3.8, 4) is 55.6 Å². The number of rotatable bonds is 7. The maximum Gasteiger partial charge on any atom is 0.160 e. The summed E-state index contributed by atoms with van der Waals surface area (Å²) in [5.41, 5.74) is 19.5. The van der Waals surface area contributed by atoms with Crippen LogP contribution in [0.25, 0.3) is 109 Å². The maximum absolute atomic E-state index is 7.18. The SMILES string of the molecule is CC1(C)c2ccccc2-c2ccc(-c3ccc(-c4ccc5c(oc6cc7ccccc7cc65)c4N(c4ccc(-c5ccccc5)cc4)c4ccc(-c5cccc6c5sc5ccccc56)cc4)cc3)cc21. The van der Waals surface area contributed by atoms with Crippen LogP contribution in [0.1, 0.15) is 25.0 Å². The minimum absolute atomic E-state index is 0.0719. The average Bonchev–Trinajstić information content (AvgIpc) is 4.06. The van der Waals surface area contributed by atoms with Gasteiger partial charge in [0.2, 0.25) is 0 Å². The molecule has 14 rings (SSSR count). The monoisotopic (exact) mass is 911 g/mol. The molecule has 0 aliphatic heterocycles. The minimum atomic E-state index is -0.0719. The molecular formula is C67H45NOS. The number of benzene rings is 11. The highest BCUT2D eigenvalue weighted by atomic mass is 32.1. The number of fused-ring (bicyclic) bond motifs is 10. The molecule has 1 aliphatic rings. The molecule has 70 heavy (non-hydrogen) atoms. The number of anilines is 3. The Morgan fingerprint density at radius 3 is 1.73 bits per heavy atom. The molecule has 2 nitrogen and oxygen atoms in total. The fraction of sp³-hybridized carbons (Fsp3) is 0.0448. The van der Waals surface area contributed by atoms with Crippen LogP contribution in [0.15, 0.2) is 241 Å². The molecule has 13 aromatic rings. The van der Waals surface area contributed by atoms with E-state index >= 15 is 0 Å². The molecule has 2 heterocycles. The Morgan fingerprint density at radius 1 is 0.371 bits per heavy atom. The van der Waals surface area contributed by atoms with Gasteiger partial charge in [-0.2, -0.15) is 0 Å². The summed E-state index contributed by atoms with van der Waals surface area (Å²) in [5.74, 6) is 0. The molecule has 0 bridgehead atoms. The van der Waals surface area contributed by atoms with Gasteiger partial charge in [0.05, 0.1) is 5.69 Å². The van der Waals surface area contributed by atoms with E-state index in [4.69, 9.17) is 4.42 Å². The molecule has 0 unspecified atom stereocenters. The zero-order chi connectivity index (χ0) is 46.5. The molecule has 0 saturated carbocycles. The van der Waals surface area contributed by atoms with E-state index < -0.39 is 0 Å². The third kappa shape index (κ3) is 6.39. The summed E-state index contributed by atoms with van der Waals surface area (Å²) in [7, 11) is 0. The topological polar surface area (TPSA) is 16.4 Å². The van der Waals surface area contributed by atoms with Crippen molar-refractivity contribution < 1.29 is 4.42 Å². The Bertz CT molecular complexity index is 4180. The molecule has 330 valence electrons. The van der Waals surface area contributed by atoms with Gasteiger partial charge < -0.3 is 9.32 Å². The van der Waals surface area contributed by atoms with Crippen LogP contribution in [0.5, 0.6) is 0 Å². The number of hydrogen-bond acceptors (Lipinski definition) is 3. The van der Waals surface area contributed by atoms with Gasteiger partial charge in [-0.3, -0.25) is 0 Å². The van der Waals surface area contributed by atoms with E-state index in [2.05, 4.69) is 255 Å². The lowest BCUT2D eigenvalue weighted by atomic mass is 9.81. The third-order valence-corrected chi connectivity index (χ3v) is 16.1. The fourth-order valence-corrected chi connectivity index (χ4v) is 12.5. The second-order valence-corrected chi connectivity index (χ2v) is 20.3. The van der Waals surface area contributed by atoms with Crippen LogP contribution in [-0.2, 0) is 5.41 Å². The van der Waals surface area contributed by atoms with Crippen LogP contribution in [0.3, 0.4) is 0 Å². The lowest BCUT2D eigenvalue weighted by Crippen LogP contribution is -2.14. The van der Waals surface area contributed by atoms with Crippen molar-refractivity contribution in [2.24, 2.45) is 0 Å². The zero-order valence-electron chi connectivity index (χ0n) is 38.8. The Balaban J connectivity index is 0.957. The van der Waals surface area contributed by atoms with Crippen molar-refractivity contribution in [3.63, 3.8) is 0 Å². The molecule has 11 aromatic carbocycles. The van der Waals surface area contributed by atoms with E-state index in [0.29, 0.717) is 0 Å². The highest BCUT2D eigenvalue weighted by Crippen LogP contribution is 2.51. The highest BCUT2D eigenvalue weighted by molar-refractivity contribution is 7.26. The molecule has 3 heteroatoms. The summed E-state index contributed by atoms with van der Waals surface area (Å²) in [6.07, 6.45) is 0. The zero-order valence-corrected chi connectivity index (χ0v) is 39.6. The summed E-state index contributed by atoms with van der Waals surface area (Å²) in [4.78, 5) is 2.41. The molecular weight excluding hydrogens is 867 g/mol. The number of nitrogens with zero attached hydrogens (tertiary/aromatic N) is 1. The van der Waals surface area contributed by atoms with E-state index in [-0.39, 0.29) is 5.41 Å². The molecule has 0 N–H and O–H groups in total. The van der Waals surface area contributed by atoms with Crippen LogP contribution < -0.4 is 4.90 Å². The second kappa shape index (κ2) is 15.8. The number of thiophene rings is 1. The van der Waals surface area contributed by atoms with Crippen LogP contribution in [0, 0.1) is 0 Å². The molecule has 0 fully saturated rings. The molecule has 0 atom stereocenters. The second-order valence-electron chi connectivity index (χ2n) is 19.2. The van der Waals surface area contributed by atoms with Crippen molar-refractivity contribution in [1.29, 1.82) is 0 Å². The van der Waals surface area contributed by atoms with Gasteiger partial charge in [0, 0.05) is 53.3 Å². The summed E-state index contributed by atoms with van der Waals surface area (Å²) in [6, 6.07) is 86.8. The largest absolute Gasteiger partial charge is 0.454 e. The van der Waals surface area contributed by atoms with Crippen molar-refractivity contribution in [2.75, 3.05) is 4.90 Å². The van der Waals surface area contributed by atoms with Crippen LogP contribution in [0.4, 0.5) is 17.1 Å². The number of furan rings is 1. The van der Waals surface area contributed by atoms with E-state index in [1.165, 1.54) is 81.2 Å². The first-order chi connectivity index (χ1) is 34.4. The van der Waals surface area contributed by atoms with Gasteiger partial charge in [0.15, 0.2) is 5.58 Å². The first-order valence-electron chi connectivity index (χ1n) is 24.1. The van der Waals surface area contributed by atoms with Gasteiger partial charge in [0.1, 0.15) is 5.58 Å². The van der Waals surface area contributed by atoms with E-state index in [1.807, 2.05) is 11.3 Å². The quantitative estimate of drug-likeness (QED) is 0.158. The first-order valence-corrected chi connectivity index (χ1v) is 25.0. The Labute approximate surface area is 411 Å². The minimum Gasteiger partial charge on any atom is -0.454 e. The first kappa shape index (κ1) is 40.6. The Morgan fingerprint density at radius 2 is 0.929 bits per heavy atom. The molecule has 0 saturated heterocycles. The van der Waals surface area contributed by atoms with Gasteiger partial charge >= 0.3 is 0 Å². The van der Waals surface area contributed by atoms with Crippen molar-refractivity contribution in [1.82, 2.24) is 0 Å². The summed E-state index contributed by atoms with van der Waals surface area (Å²) in [5, 5.41) is 7.13. The van der Waals surface area contributed by atoms with Gasteiger partial charge in [-0.25, -0.2) is 0 Å². The smallest absolute Gasteiger partial charge is 0.160 e. The molecule has 1 aliphatic carbocycles. The molecule has 0 amide bonds. The highest BCUT2D eigenvalue weighted by Gasteiger charge is 2.35. The Hall–Kier alpha value is -8.50. The predicted molar refractivity (Wildman–Crippen MR) is 298 cm³/mol. The van der Waals surface area contributed by atoms with Gasteiger partial charge in [-0.05, 0) is 127 Å². The van der Waals surface area contributed by atoms with Crippen LogP contribution >= 0.6 is 11.3 Å². The number of hydrogen-bond donors (Lipinski definition) is 0. The average molecular weight is 912 g/mol. The third-order valence-electron chi connectivity index (χ3n) is 14.9. The summed E-state index contributed by atoms with van der Waals surface area (Å²) >= 11 is 1.87.